The average molecular weight is 264 g/mol. The van der Waals surface area contributed by atoms with Crippen LogP contribution in [0.4, 0.5) is 18.3 Å². The molecule has 1 N–H and O–H groups in total. The Labute approximate surface area is 98.4 Å². The van der Waals surface area contributed by atoms with E-state index in [9.17, 15) is 18.0 Å². The van der Waals surface area contributed by atoms with Gasteiger partial charge in [0.15, 0.2) is 5.69 Å². The molecule has 1 aromatic heterocycles. The fourth-order valence-corrected chi connectivity index (χ4v) is 1.81. The summed E-state index contributed by atoms with van der Waals surface area (Å²) in [5, 5.41) is 9.50. The molecule has 0 unspecified atom stereocenters. The number of anilines is 1. The minimum atomic E-state index is -4.68. The first-order valence-corrected chi connectivity index (χ1v) is 5.06. The van der Waals surface area contributed by atoms with Crippen molar-refractivity contribution in [3.63, 3.8) is 0 Å². The standard InChI is InChI=1S/C8H7F3N4OS/c1-4(16)14-15(2)7-13-6(8(9,10)11)5(3-12)17-7/h1-2H3,(H,14,16). The molecule has 0 spiro atoms. The molecule has 0 aliphatic heterocycles. The first-order chi connectivity index (χ1) is 7.75. The number of halogens is 3. The summed E-state index contributed by atoms with van der Waals surface area (Å²) in [6.45, 7) is 1.21. The molecule has 5 nitrogen and oxygen atoms in total. The summed E-state index contributed by atoms with van der Waals surface area (Å²) in [5.41, 5.74) is 1.00. The third-order valence-electron chi connectivity index (χ3n) is 1.60. The summed E-state index contributed by atoms with van der Waals surface area (Å²) in [6.07, 6.45) is -4.68. The molecule has 0 saturated heterocycles. The lowest BCUT2D eigenvalue weighted by Crippen LogP contribution is -2.37. The van der Waals surface area contributed by atoms with Crippen molar-refractivity contribution < 1.29 is 18.0 Å². The first-order valence-electron chi connectivity index (χ1n) is 4.24. The maximum atomic E-state index is 12.5. The van der Waals surface area contributed by atoms with Crippen LogP contribution >= 0.6 is 11.3 Å². The van der Waals surface area contributed by atoms with Gasteiger partial charge in [-0.25, -0.2) is 4.98 Å². The molecular formula is C8H7F3N4OS. The van der Waals surface area contributed by atoms with Crippen molar-refractivity contribution in [2.24, 2.45) is 0 Å². The smallest absolute Gasteiger partial charge is 0.274 e. The Bertz CT molecular complexity index is 476. The van der Waals surface area contributed by atoms with Gasteiger partial charge in [0.1, 0.15) is 10.9 Å². The summed E-state index contributed by atoms with van der Waals surface area (Å²) in [6, 6.07) is 1.43. The Morgan fingerprint density at radius 1 is 1.59 bits per heavy atom. The molecule has 1 aromatic rings. The van der Waals surface area contributed by atoms with Crippen molar-refractivity contribution in [1.29, 1.82) is 5.26 Å². The van der Waals surface area contributed by atoms with Gasteiger partial charge < -0.3 is 0 Å². The Kier molecular flexibility index (Phi) is 3.57. The number of hydrazine groups is 1. The van der Waals surface area contributed by atoms with Gasteiger partial charge in [-0.3, -0.25) is 15.2 Å². The molecular weight excluding hydrogens is 257 g/mol. The molecule has 9 heteroatoms. The van der Waals surface area contributed by atoms with Crippen molar-refractivity contribution in [2.45, 2.75) is 13.1 Å². The zero-order chi connectivity index (χ0) is 13.2. The fraction of sp³-hybridized carbons (Fsp3) is 0.375. The van der Waals surface area contributed by atoms with E-state index in [1.807, 2.05) is 0 Å². The van der Waals surface area contributed by atoms with Gasteiger partial charge in [-0.15, -0.1) is 0 Å². The maximum Gasteiger partial charge on any atom is 0.435 e. The van der Waals surface area contributed by atoms with Crippen LogP contribution in [0, 0.1) is 11.3 Å². The lowest BCUT2D eigenvalue weighted by atomic mass is 10.4. The summed E-state index contributed by atoms with van der Waals surface area (Å²) < 4.78 is 37.4. The van der Waals surface area contributed by atoms with Gasteiger partial charge in [0, 0.05) is 14.0 Å². The number of alkyl halides is 3. The quantitative estimate of drug-likeness (QED) is 0.822. The molecule has 17 heavy (non-hydrogen) atoms. The highest BCUT2D eigenvalue weighted by molar-refractivity contribution is 7.16. The van der Waals surface area contributed by atoms with Crippen LogP contribution in [0.1, 0.15) is 17.5 Å². The SMILES string of the molecule is CC(=O)NN(C)c1nc(C(F)(F)F)c(C#N)s1. The van der Waals surface area contributed by atoms with Crippen molar-refractivity contribution in [3.8, 4) is 6.07 Å². The lowest BCUT2D eigenvalue weighted by molar-refractivity contribution is -0.140. The van der Waals surface area contributed by atoms with E-state index in [1.54, 1.807) is 0 Å². The van der Waals surface area contributed by atoms with Crippen LogP contribution in [-0.2, 0) is 11.0 Å². The van der Waals surface area contributed by atoms with Crippen LogP contribution in [0.2, 0.25) is 0 Å². The Balaban J connectivity index is 3.10. The number of aromatic nitrogens is 1. The monoisotopic (exact) mass is 264 g/mol. The number of hydrogen-bond acceptors (Lipinski definition) is 5. The number of nitrogens with one attached hydrogen (secondary N) is 1. The highest BCUT2D eigenvalue weighted by Crippen LogP contribution is 2.36. The first kappa shape index (κ1) is 13.2. The van der Waals surface area contributed by atoms with Crippen LogP contribution in [-0.4, -0.2) is 17.9 Å². The number of amides is 1. The zero-order valence-corrected chi connectivity index (χ0v) is 9.61. The van der Waals surface area contributed by atoms with Gasteiger partial charge in [-0.2, -0.15) is 18.4 Å². The molecule has 1 heterocycles. The molecule has 0 saturated carbocycles. The van der Waals surface area contributed by atoms with E-state index in [-0.39, 0.29) is 5.13 Å². The lowest BCUT2D eigenvalue weighted by Gasteiger charge is -2.14. The highest BCUT2D eigenvalue weighted by atomic mass is 32.1. The van der Waals surface area contributed by atoms with E-state index >= 15 is 0 Å². The topological polar surface area (TPSA) is 69.0 Å². The fourth-order valence-electron chi connectivity index (χ4n) is 1.00. The van der Waals surface area contributed by atoms with E-state index in [1.165, 1.54) is 20.0 Å². The number of nitriles is 1. The predicted molar refractivity (Wildman–Crippen MR) is 54.1 cm³/mol. The summed E-state index contributed by atoms with van der Waals surface area (Å²) >= 11 is 0.555. The number of nitrogens with zero attached hydrogens (tertiary/aromatic N) is 3. The molecule has 92 valence electrons. The Hall–Kier alpha value is -1.82. The number of carbonyl (C=O) groups is 1. The molecule has 0 aliphatic carbocycles. The van der Waals surface area contributed by atoms with E-state index in [4.69, 9.17) is 5.26 Å². The van der Waals surface area contributed by atoms with Gasteiger partial charge in [0.05, 0.1) is 0 Å². The van der Waals surface area contributed by atoms with Gasteiger partial charge in [-0.05, 0) is 0 Å². The Morgan fingerprint density at radius 3 is 2.53 bits per heavy atom. The average Bonchev–Trinajstić information content (AvgIpc) is 2.59. The normalized spacial score (nSPS) is 10.8. The number of hydrogen-bond donors (Lipinski definition) is 1. The predicted octanol–water partition coefficient (Wildman–Crippen LogP) is 1.52. The second-order valence-corrected chi connectivity index (χ2v) is 3.99. The number of thiazole rings is 1. The van der Waals surface area contributed by atoms with Crippen molar-refractivity contribution in [3.05, 3.63) is 10.6 Å². The second kappa shape index (κ2) is 4.58. The van der Waals surface area contributed by atoms with Crippen LogP contribution in [0.3, 0.4) is 0 Å². The molecule has 0 radical (unpaired) electrons. The van der Waals surface area contributed by atoms with E-state index in [2.05, 4.69) is 10.4 Å². The second-order valence-electron chi connectivity index (χ2n) is 3.01. The molecule has 1 amide bonds. The zero-order valence-electron chi connectivity index (χ0n) is 8.79. The molecule has 0 atom stereocenters. The van der Waals surface area contributed by atoms with E-state index < -0.39 is 22.7 Å². The van der Waals surface area contributed by atoms with Crippen LogP contribution in [0.25, 0.3) is 0 Å². The van der Waals surface area contributed by atoms with Gasteiger partial charge >= 0.3 is 6.18 Å². The number of rotatable bonds is 2. The molecule has 0 fully saturated rings. The number of carbonyl (C=O) groups excluding carboxylic acids is 1. The summed E-state index contributed by atoms with van der Waals surface area (Å²) in [7, 11) is 1.33. The maximum absolute atomic E-state index is 12.5. The van der Waals surface area contributed by atoms with Crippen LogP contribution in [0.15, 0.2) is 0 Å². The van der Waals surface area contributed by atoms with Crippen molar-refractivity contribution >= 4 is 22.4 Å². The van der Waals surface area contributed by atoms with E-state index in [0.717, 1.165) is 5.01 Å². The highest BCUT2D eigenvalue weighted by Gasteiger charge is 2.38. The van der Waals surface area contributed by atoms with Crippen LogP contribution < -0.4 is 10.4 Å². The van der Waals surface area contributed by atoms with Crippen molar-refractivity contribution in [1.82, 2.24) is 10.4 Å². The molecule has 0 aliphatic rings. The summed E-state index contributed by atoms with van der Waals surface area (Å²) in [4.78, 5) is 13.5. The summed E-state index contributed by atoms with van der Waals surface area (Å²) in [5.74, 6) is -0.449. The third-order valence-corrected chi connectivity index (χ3v) is 2.63. The molecule has 0 aromatic carbocycles. The minimum Gasteiger partial charge on any atom is -0.274 e. The third kappa shape index (κ3) is 3.07. The molecule has 1 rings (SSSR count). The Morgan fingerprint density at radius 2 is 2.18 bits per heavy atom. The van der Waals surface area contributed by atoms with E-state index in [0.29, 0.717) is 11.3 Å². The van der Waals surface area contributed by atoms with Crippen molar-refractivity contribution in [2.75, 3.05) is 12.1 Å². The van der Waals surface area contributed by atoms with Gasteiger partial charge in [0.2, 0.25) is 11.0 Å². The van der Waals surface area contributed by atoms with Gasteiger partial charge in [-0.1, -0.05) is 11.3 Å². The molecule has 0 bridgehead atoms. The van der Waals surface area contributed by atoms with Crippen LogP contribution in [0.5, 0.6) is 0 Å². The largest absolute Gasteiger partial charge is 0.435 e. The minimum absolute atomic E-state index is 0.107. The van der Waals surface area contributed by atoms with Gasteiger partial charge in [0.25, 0.3) is 0 Å².